The highest BCUT2D eigenvalue weighted by Crippen LogP contribution is 2.31. The zero-order valence-electron chi connectivity index (χ0n) is 14.1. The van der Waals surface area contributed by atoms with Gasteiger partial charge in [0, 0.05) is 10.7 Å². The fraction of sp³-hybridized carbons (Fsp3) is 0.100. The van der Waals surface area contributed by atoms with Gasteiger partial charge < -0.3 is 5.32 Å². The van der Waals surface area contributed by atoms with Crippen LogP contribution in [0.2, 0.25) is 5.02 Å². The van der Waals surface area contributed by atoms with Crippen molar-refractivity contribution < 1.29 is 4.79 Å². The molecule has 6 heteroatoms. The van der Waals surface area contributed by atoms with Crippen molar-refractivity contribution in [2.45, 2.75) is 6.92 Å². The van der Waals surface area contributed by atoms with E-state index < -0.39 is 0 Å². The maximum atomic E-state index is 12.5. The van der Waals surface area contributed by atoms with Crippen LogP contribution in [0.15, 0.2) is 65.6 Å². The van der Waals surface area contributed by atoms with Crippen molar-refractivity contribution >= 4 is 57.6 Å². The minimum Gasteiger partial charge on any atom is -0.367 e. The van der Waals surface area contributed by atoms with Gasteiger partial charge in [-0.2, -0.15) is 0 Å². The van der Waals surface area contributed by atoms with Crippen LogP contribution in [0.5, 0.6) is 0 Å². The molecule has 0 aliphatic carbocycles. The zero-order chi connectivity index (χ0) is 18.5. The molecule has 3 rings (SSSR count). The van der Waals surface area contributed by atoms with Crippen molar-refractivity contribution in [2.75, 3.05) is 12.0 Å². The van der Waals surface area contributed by atoms with E-state index in [4.69, 9.17) is 23.8 Å². The molecule has 0 unspecified atom stereocenters. The summed E-state index contributed by atoms with van der Waals surface area (Å²) < 4.78 is 0.542. The molecule has 1 fully saturated rings. The lowest BCUT2D eigenvalue weighted by Crippen LogP contribution is -2.33. The van der Waals surface area contributed by atoms with Gasteiger partial charge >= 0.3 is 0 Å². The van der Waals surface area contributed by atoms with Crippen molar-refractivity contribution in [1.82, 2.24) is 4.90 Å². The SMILES string of the molecule is Cc1ccc(NCN2C(=O)C(=CC=Cc3ccccc3)SC2=S)cc1Cl. The van der Waals surface area contributed by atoms with E-state index in [2.05, 4.69) is 5.32 Å². The number of thiocarbonyl (C=S) groups is 1. The molecule has 1 amide bonds. The molecule has 0 aromatic heterocycles. The van der Waals surface area contributed by atoms with Gasteiger partial charge in [-0.25, -0.2) is 0 Å². The summed E-state index contributed by atoms with van der Waals surface area (Å²) in [4.78, 5) is 14.7. The number of amides is 1. The minimum absolute atomic E-state index is 0.0941. The van der Waals surface area contributed by atoms with Crippen molar-refractivity contribution in [3.8, 4) is 0 Å². The van der Waals surface area contributed by atoms with Gasteiger partial charge in [0.15, 0.2) is 0 Å². The number of hydrogen-bond acceptors (Lipinski definition) is 4. The van der Waals surface area contributed by atoms with Crippen LogP contribution in [0.3, 0.4) is 0 Å². The first-order valence-electron chi connectivity index (χ1n) is 8.02. The largest absolute Gasteiger partial charge is 0.367 e. The number of benzene rings is 2. The molecule has 1 aliphatic rings. The quantitative estimate of drug-likeness (QED) is 0.532. The second-order valence-electron chi connectivity index (χ2n) is 5.70. The second kappa shape index (κ2) is 8.54. The molecular formula is C20H17ClN2OS2. The maximum absolute atomic E-state index is 12.5. The molecule has 0 spiro atoms. The van der Waals surface area contributed by atoms with Crippen molar-refractivity contribution in [3.05, 3.63) is 81.7 Å². The summed E-state index contributed by atoms with van der Waals surface area (Å²) in [7, 11) is 0. The molecule has 0 saturated carbocycles. The van der Waals surface area contributed by atoms with Gasteiger partial charge in [-0.05, 0) is 36.3 Å². The normalized spacial score (nSPS) is 16.1. The number of carbonyl (C=O) groups excluding carboxylic acids is 1. The van der Waals surface area contributed by atoms with Crippen molar-refractivity contribution in [2.24, 2.45) is 0 Å². The number of nitrogens with zero attached hydrogens (tertiary/aromatic N) is 1. The number of carbonyl (C=O) groups is 1. The predicted molar refractivity (Wildman–Crippen MR) is 115 cm³/mol. The summed E-state index contributed by atoms with van der Waals surface area (Å²) >= 11 is 12.8. The number of allylic oxidation sites excluding steroid dienone is 2. The Balaban J connectivity index is 1.64. The standard InChI is InChI=1S/C20H17ClN2OS2/c1-14-10-11-16(12-17(14)21)22-13-23-19(24)18(26-20(23)25)9-5-8-15-6-3-2-4-7-15/h2-12,22H,13H2,1H3. The van der Waals surface area contributed by atoms with Crippen LogP contribution in [0.4, 0.5) is 5.69 Å². The fourth-order valence-electron chi connectivity index (χ4n) is 2.33. The Morgan fingerprint density at radius 1 is 1.23 bits per heavy atom. The molecule has 0 atom stereocenters. The number of thioether (sulfide) groups is 1. The second-order valence-corrected chi connectivity index (χ2v) is 7.78. The Bertz CT molecular complexity index is 894. The van der Waals surface area contributed by atoms with E-state index in [1.165, 1.54) is 11.8 Å². The maximum Gasteiger partial charge on any atom is 0.267 e. The Kier molecular flexibility index (Phi) is 6.14. The van der Waals surface area contributed by atoms with Crippen LogP contribution >= 0.6 is 35.6 Å². The van der Waals surface area contributed by atoms with E-state index in [-0.39, 0.29) is 5.91 Å². The van der Waals surface area contributed by atoms with Gasteiger partial charge in [0.2, 0.25) is 0 Å². The molecule has 2 aromatic rings. The third-order valence-electron chi connectivity index (χ3n) is 3.82. The van der Waals surface area contributed by atoms with Crippen molar-refractivity contribution in [3.63, 3.8) is 0 Å². The smallest absolute Gasteiger partial charge is 0.267 e. The summed E-state index contributed by atoms with van der Waals surface area (Å²) in [5, 5.41) is 3.88. The number of nitrogens with one attached hydrogen (secondary N) is 1. The molecule has 0 bridgehead atoms. The Labute approximate surface area is 167 Å². The molecule has 0 radical (unpaired) electrons. The first-order valence-corrected chi connectivity index (χ1v) is 9.62. The fourth-order valence-corrected chi connectivity index (χ4v) is 3.72. The van der Waals surface area contributed by atoms with E-state index in [0.717, 1.165) is 16.8 Å². The lowest BCUT2D eigenvalue weighted by atomic mass is 10.2. The van der Waals surface area contributed by atoms with Crippen LogP contribution in [0, 0.1) is 6.92 Å². The average Bonchev–Trinajstić information content (AvgIpc) is 2.90. The van der Waals surface area contributed by atoms with E-state index in [9.17, 15) is 4.79 Å². The predicted octanol–water partition coefficient (Wildman–Crippen LogP) is 5.48. The first kappa shape index (κ1) is 18.7. The summed E-state index contributed by atoms with van der Waals surface area (Å²) in [6.45, 7) is 2.26. The molecule has 26 heavy (non-hydrogen) atoms. The summed E-state index contributed by atoms with van der Waals surface area (Å²) in [6.07, 6.45) is 5.63. The van der Waals surface area contributed by atoms with Gasteiger partial charge in [-0.1, -0.05) is 84.1 Å². The summed E-state index contributed by atoms with van der Waals surface area (Å²) in [6, 6.07) is 15.6. The average molecular weight is 401 g/mol. The Morgan fingerprint density at radius 2 is 2.00 bits per heavy atom. The molecule has 1 heterocycles. The van der Waals surface area contributed by atoms with Gasteiger partial charge in [0.05, 0.1) is 11.6 Å². The van der Waals surface area contributed by atoms with Crippen LogP contribution in [0.1, 0.15) is 11.1 Å². The molecular weight excluding hydrogens is 384 g/mol. The van der Waals surface area contributed by atoms with Crippen LogP contribution in [-0.4, -0.2) is 21.8 Å². The highest BCUT2D eigenvalue weighted by Gasteiger charge is 2.31. The zero-order valence-corrected chi connectivity index (χ0v) is 16.5. The van der Waals surface area contributed by atoms with Gasteiger partial charge in [0.25, 0.3) is 5.91 Å². The van der Waals surface area contributed by atoms with Crippen molar-refractivity contribution in [1.29, 1.82) is 0 Å². The van der Waals surface area contributed by atoms with E-state index >= 15 is 0 Å². The van der Waals surface area contributed by atoms with E-state index in [1.54, 1.807) is 11.0 Å². The molecule has 3 nitrogen and oxygen atoms in total. The molecule has 2 aromatic carbocycles. The van der Waals surface area contributed by atoms with Crippen LogP contribution in [-0.2, 0) is 4.79 Å². The van der Waals surface area contributed by atoms with Gasteiger partial charge in [0.1, 0.15) is 4.32 Å². The highest BCUT2D eigenvalue weighted by atomic mass is 35.5. The molecule has 1 aliphatic heterocycles. The van der Waals surface area contributed by atoms with Gasteiger partial charge in [-0.3, -0.25) is 9.69 Å². The van der Waals surface area contributed by atoms with E-state index in [0.29, 0.717) is 20.9 Å². The number of hydrogen-bond donors (Lipinski definition) is 1. The lowest BCUT2D eigenvalue weighted by molar-refractivity contribution is -0.121. The first-order chi connectivity index (χ1) is 12.5. The number of anilines is 1. The Morgan fingerprint density at radius 3 is 2.73 bits per heavy atom. The molecule has 1 saturated heterocycles. The number of rotatable bonds is 5. The van der Waals surface area contributed by atoms with Crippen LogP contribution < -0.4 is 5.32 Å². The lowest BCUT2D eigenvalue weighted by Gasteiger charge is -2.16. The van der Waals surface area contributed by atoms with Crippen LogP contribution in [0.25, 0.3) is 6.08 Å². The molecule has 132 valence electrons. The van der Waals surface area contributed by atoms with Gasteiger partial charge in [-0.15, -0.1) is 0 Å². The summed E-state index contributed by atoms with van der Waals surface area (Å²) in [5.41, 5.74) is 2.94. The summed E-state index contributed by atoms with van der Waals surface area (Å²) in [5.74, 6) is -0.0941. The third-order valence-corrected chi connectivity index (χ3v) is 5.63. The highest BCUT2D eigenvalue weighted by molar-refractivity contribution is 8.26. The molecule has 1 N–H and O–H groups in total. The minimum atomic E-state index is -0.0941. The Hall–Kier alpha value is -2.08. The third kappa shape index (κ3) is 4.55. The van der Waals surface area contributed by atoms with E-state index in [1.807, 2.05) is 67.6 Å². The number of halogens is 1. The topological polar surface area (TPSA) is 32.3 Å². The number of aryl methyl sites for hydroxylation is 1. The monoisotopic (exact) mass is 400 g/mol.